The van der Waals surface area contributed by atoms with Gasteiger partial charge in [0.15, 0.2) is 4.34 Å². The molecular weight excluding hydrogens is 304 g/mol. The van der Waals surface area contributed by atoms with Gasteiger partial charge >= 0.3 is 0 Å². The summed E-state index contributed by atoms with van der Waals surface area (Å²) in [7, 11) is 1.75. The van der Waals surface area contributed by atoms with Crippen LogP contribution in [-0.2, 0) is 4.79 Å². The molecule has 0 fully saturated rings. The summed E-state index contributed by atoms with van der Waals surface area (Å²) >= 11 is 9.01. The highest BCUT2D eigenvalue weighted by molar-refractivity contribution is 8.01. The van der Waals surface area contributed by atoms with Crippen molar-refractivity contribution in [2.75, 3.05) is 12.4 Å². The summed E-state index contributed by atoms with van der Waals surface area (Å²) in [6, 6.07) is 3.35. The van der Waals surface area contributed by atoms with E-state index in [9.17, 15) is 4.79 Å². The third-order valence-electron chi connectivity index (χ3n) is 2.76. The molecule has 2 N–H and O–H groups in total. The van der Waals surface area contributed by atoms with Crippen LogP contribution in [-0.4, -0.2) is 22.3 Å². The molecule has 3 rings (SSSR count). The molecule has 98 valence electrons. The Balaban J connectivity index is 1.97. The van der Waals surface area contributed by atoms with E-state index in [0.717, 1.165) is 20.5 Å². The van der Waals surface area contributed by atoms with Crippen LogP contribution in [0, 0.1) is 0 Å². The maximum absolute atomic E-state index is 11.8. The van der Waals surface area contributed by atoms with Gasteiger partial charge in [0.25, 0.3) is 0 Å². The average molecular weight is 313 g/mol. The molecule has 1 amide bonds. The number of fused-ring (bicyclic) bond motifs is 1. The van der Waals surface area contributed by atoms with Gasteiger partial charge in [0, 0.05) is 16.1 Å². The van der Waals surface area contributed by atoms with Crippen LogP contribution in [0.15, 0.2) is 27.7 Å². The summed E-state index contributed by atoms with van der Waals surface area (Å²) in [5, 5.41) is 6.41. The molecule has 2 aromatic rings. The number of carbonyl (C=O) groups is 1. The smallest absolute Gasteiger partial charge is 0.246 e. The molecule has 19 heavy (non-hydrogen) atoms. The minimum absolute atomic E-state index is 0.0633. The van der Waals surface area contributed by atoms with Crippen molar-refractivity contribution < 1.29 is 4.79 Å². The summed E-state index contributed by atoms with van der Waals surface area (Å²) in [4.78, 5) is 16.7. The Morgan fingerprint density at radius 2 is 2.37 bits per heavy atom. The monoisotopic (exact) mass is 312 g/mol. The molecule has 1 atom stereocenters. The first-order valence-corrected chi connectivity index (χ1v) is 7.42. The van der Waals surface area contributed by atoms with Gasteiger partial charge in [-0.15, -0.1) is 0 Å². The molecule has 1 aliphatic heterocycles. The number of halogens is 1. The van der Waals surface area contributed by atoms with Crippen LogP contribution in [0.1, 0.15) is 11.6 Å². The van der Waals surface area contributed by atoms with E-state index < -0.39 is 0 Å². The lowest BCUT2D eigenvalue weighted by molar-refractivity contribution is -0.117. The van der Waals surface area contributed by atoms with Gasteiger partial charge in [-0.25, -0.2) is 4.98 Å². The van der Waals surface area contributed by atoms with Gasteiger partial charge in [-0.05, 0) is 30.7 Å². The Morgan fingerprint density at radius 1 is 1.53 bits per heavy atom. The molecule has 0 saturated heterocycles. The Bertz CT molecular complexity index is 632. The summed E-state index contributed by atoms with van der Waals surface area (Å²) < 4.78 is 4.76. The zero-order chi connectivity index (χ0) is 13.4. The van der Waals surface area contributed by atoms with Crippen molar-refractivity contribution in [1.82, 2.24) is 14.7 Å². The lowest BCUT2D eigenvalue weighted by Gasteiger charge is -2.08. The number of amides is 1. The first kappa shape index (κ1) is 12.9. The molecule has 1 aromatic carbocycles. The van der Waals surface area contributed by atoms with Gasteiger partial charge in [-0.1, -0.05) is 23.4 Å². The van der Waals surface area contributed by atoms with E-state index in [1.54, 1.807) is 7.05 Å². The largest absolute Gasteiger partial charge is 0.324 e. The summed E-state index contributed by atoms with van der Waals surface area (Å²) in [5.41, 5.74) is 1.67. The highest BCUT2D eigenvalue weighted by Gasteiger charge is 2.30. The van der Waals surface area contributed by atoms with Crippen molar-refractivity contribution >= 4 is 46.5 Å². The second-order valence-corrected chi connectivity index (χ2v) is 6.37. The molecule has 0 spiro atoms. The predicted molar refractivity (Wildman–Crippen MR) is 75.9 cm³/mol. The zero-order valence-corrected chi connectivity index (χ0v) is 12.2. The Hall–Kier alpha value is -1.15. The third kappa shape index (κ3) is 2.34. The fourth-order valence-electron chi connectivity index (χ4n) is 1.93. The molecule has 0 radical (unpaired) electrons. The van der Waals surface area contributed by atoms with Crippen LogP contribution in [0.3, 0.4) is 0 Å². The Morgan fingerprint density at radius 3 is 3.05 bits per heavy atom. The van der Waals surface area contributed by atoms with E-state index in [2.05, 4.69) is 20.0 Å². The topological polar surface area (TPSA) is 66.9 Å². The predicted octanol–water partition coefficient (Wildman–Crippen LogP) is 2.56. The fourth-order valence-corrected chi connectivity index (χ4v) is 3.66. The van der Waals surface area contributed by atoms with E-state index in [1.165, 1.54) is 29.6 Å². The number of rotatable bonds is 3. The maximum atomic E-state index is 11.8. The number of aromatic nitrogens is 2. The first-order chi connectivity index (χ1) is 9.19. The van der Waals surface area contributed by atoms with Crippen molar-refractivity contribution in [1.29, 1.82) is 0 Å². The number of likely N-dealkylation sites (N-methyl/N-ethyl adjacent to an activating group) is 1. The normalized spacial score (nSPS) is 17.4. The quantitative estimate of drug-likeness (QED) is 0.911. The van der Waals surface area contributed by atoms with Gasteiger partial charge in [-0.2, -0.15) is 4.37 Å². The van der Waals surface area contributed by atoms with Crippen LogP contribution in [0.5, 0.6) is 0 Å². The molecule has 8 heteroatoms. The number of benzene rings is 1. The fraction of sp³-hybridized carbons (Fsp3) is 0.182. The Kier molecular flexibility index (Phi) is 3.44. The third-order valence-corrected chi connectivity index (χ3v) is 4.96. The number of hydrogen-bond donors (Lipinski definition) is 2. The van der Waals surface area contributed by atoms with E-state index in [0.29, 0.717) is 5.02 Å². The standard InChI is InChI=1S/C11H9ClN4OS2/c1-13-9-5-2-6(12)8(3-7(5)16-10(9)17)18-11-14-4-15-19-11/h2-4,9,13H,1H3,(H,16,17). The van der Waals surface area contributed by atoms with Gasteiger partial charge in [0.05, 0.1) is 5.02 Å². The summed E-state index contributed by atoms with van der Waals surface area (Å²) in [5.74, 6) is -0.0633. The number of carbonyl (C=O) groups excluding carboxylic acids is 1. The number of anilines is 1. The minimum atomic E-state index is -0.340. The summed E-state index contributed by atoms with van der Waals surface area (Å²) in [6.07, 6.45) is 1.51. The molecule has 0 aliphatic carbocycles. The highest BCUT2D eigenvalue weighted by atomic mass is 35.5. The summed E-state index contributed by atoms with van der Waals surface area (Å²) in [6.45, 7) is 0. The van der Waals surface area contributed by atoms with Gasteiger partial charge in [-0.3, -0.25) is 4.79 Å². The second kappa shape index (κ2) is 5.09. The van der Waals surface area contributed by atoms with Crippen LogP contribution in [0.25, 0.3) is 0 Å². The van der Waals surface area contributed by atoms with Gasteiger partial charge in [0.2, 0.25) is 5.91 Å². The zero-order valence-electron chi connectivity index (χ0n) is 9.81. The van der Waals surface area contributed by atoms with E-state index in [1.807, 2.05) is 12.1 Å². The maximum Gasteiger partial charge on any atom is 0.246 e. The molecule has 2 heterocycles. The van der Waals surface area contributed by atoms with Crippen LogP contribution in [0.2, 0.25) is 5.02 Å². The van der Waals surface area contributed by atoms with E-state index in [-0.39, 0.29) is 11.9 Å². The number of hydrogen-bond acceptors (Lipinski definition) is 6. The SMILES string of the molecule is CNC1C(=O)Nc2cc(Sc3ncns3)c(Cl)cc21. The van der Waals surface area contributed by atoms with E-state index in [4.69, 9.17) is 11.6 Å². The van der Waals surface area contributed by atoms with Crippen molar-refractivity contribution in [3.8, 4) is 0 Å². The molecule has 0 saturated carbocycles. The average Bonchev–Trinajstić information content (AvgIpc) is 2.97. The number of nitrogens with zero attached hydrogens (tertiary/aromatic N) is 2. The molecule has 1 aromatic heterocycles. The number of nitrogens with one attached hydrogen (secondary N) is 2. The first-order valence-electron chi connectivity index (χ1n) is 5.45. The van der Waals surface area contributed by atoms with Crippen LogP contribution < -0.4 is 10.6 Å². The lowest BCUT2D eigenvalue weighted by atomic mass is 10.1. The van der Waals surface area contributed by atoms with Crippen molar-refractivity contribution in [3.05, 3.63) is 29.0 Å². The molecule has 5 nitrogen and oxygen atoms in total. The molecule has 1 aliphatic rings. The Labute approximate surface area is 122 Å². The minimum Gasteiger partial charge on any atom is -0.324 e. The van der Waals surface area contributed by atoms with Crippen molar-refractivity contribution in [2.45, 2.75) is 15.3 Å². The van der Waals surface area contributed by atoms with Gasteiger partial charge < -0.3 is 10.6 Å². The molecular formula is C11H9ClN4OS2. The van der Waals surface area contributed by atoms with Crippen molar-refractivity contribution in [2.24, 2.45) is 0 Å². The van der Waals surface area contributed by atoms with Crippen LogP contribution >= 0.6 is 34.9 Å². The van der Waals surface area contributed by atoms with Crippen molar-refractivity contribution in [3.63, 3.8) is 0 Å². The lowest BCUT2D eigenvalue weighted by Crippen LogP contribution is -2.23. The highest BCUT2D eigenvalue weighted by Crippen LogP contribution is 2.41. The van der Waals surface area contributed by atoms with Crippen LogP contribution in [0.4, 0.5) is 5.69 Å². The second-order valence-electron chi connectivity index (χ2n) is 3.89. The van der Waals surface area contributed by atoms with Gasteiger partial charge in [0.1, 0.15) is 12.4 Å². The van der Waals surface area contributed by atoms with E-state index >= 15 is 0 Å². The molecule has 1 unspecified atom stereocenters. The molecule has 0 bridgehead atoms.